The number of hydrogen-bond donors (Lipinski definition) is 0. The fourth-order valence-electron chi connectivity index (χ4n) is 2.36. The van der Waals surface area contributed by atoms with Crippen LogP contribution in [-0.2, 0) is 14.3 Å². The topological polar surface area (TPSA) is 43.4 Å². The van der Waals surface area contributed by atoms with E-state index in [2.05, 4.69) is 18.6 Å². The molecule has 0 aromatic carbocycles. The van der Waals surface area contributed by atoms with Gasteiger partial charge in [-0.3, -0.25) is 9.59 Å². The zero-order valence-corrected chi connectivity index (χ0v) is 10.3. The van der Waals surface area contributed by atoms with Crippen LogP contribution in [0.1, 0.15) is 46.0 Å². The number of esters is 1. The molecule has 0 amide bonds. The van der Waals surface area contributed by atoms with Crippen molar-refractivity contribution in [1.29, 1.82) is 0 Å². The van der Waals surface area contributed by atoms with Crippen molar-refractivity contribution >= 4 is 11.8 Å². The molecule has 16 heavy (non-hydrogen) atoms. The summed E-state index contributed by atoms with van der Waals surface area (Å²) >= 11 is 0. The average Bonchev–Trinajstić information content (AvgIpc) is 2.60. The number of carbonyl (C=O) groups excluding carboxylic acids is 2. The van der Waals surface area contributed by atoms with Crippen molar-refractivity contribution < 1.29 is 14.3 Å². The number of rotatable bonds is 5. The second-order valence-corrected chi connectivity index (χ2v) is 4.38. The Bertz CT molecular complexity index is 315. The van der Waals surface area contributed by atoms with Crippen LogP contribution in [0.3, 0.4) is 0 Å². The Balaban J connectivity index is 2.82. The maximum absolute atomic E-state index is 11.8. The monoisotopic (exact) mass is 224 g/mol. The predicted octanol–water partition coefficient (Wildman–Crippen LogP) is 2.65. The van der Waals surface area contributed by atoms with Gasteiger partial charge in [0.1, 0.15) is 0 Å². The molecule has 0 radical (unpaired) electrons. The van der Waals surface area contributed by atoms with E-state index in [9.17, 15) is 9.59 Å². The Hall–Kier alpha value is -1.12. The Labute approximate surface area is 96.9 Å². The van der Waals surface area contributed by atoms with E-state index < -0.39 is 0 Å². The van der Waals surface area contributed by atoms with Gasteiger partial charge < -0.3 is 4.74 Å². The molecule has 1 aliphatic carbocycles. The van der Waals surface area contributed by atoms with Crippen molar-refractivity contribution in [2.45, 2.75) is 46.0 Å². The number of allylic oxidation sites excluding steroid dienone is 1. The highest BCUT2D eigenvalue weighted by Gasteiger charge is 2.27. The highest BCUT2D eigenvalue weighted by atomic mass is 16.5. The molecule has 0 saturated heterocycles. The quantitative estimate of drug-likeness (QED) is 0.674. The maximum Gasteiger partial charge on any atom is 0.309 e. The van der Waals surface area contributed by atoms with Gasteiger partial charge in [0.05, 0.1) is 13.5 Å². The molecular weight excluding hydrogens is 204 g/mol. The largest absolute Gasteiger partial charge is 0.469 e. The Morgan fingerprint density at radius 3 is 2.69 bits per heavy atom. The number of ketones is 1. The number of carbonyl (C=O) groups is 2. The molecule has 0 aromatic rings. The van der Waals surface area contributed by atoms with E-state index in [1.807, 2.05) is 0 Å². The molecule has 3 heteroatoms. The van der Waals surface area contributed by atoms with Gasteiger partial charge in [0.25, 0.3) is 0 Å². The van der Waals surface area contributed by atoms with E-state index in [4.69, 9.17) is 0 Å². The minimum Gasteiger partial charge on any atom is -0.469 e. The lowest BCUT2D eigenvalue weighted by Crippen LogP contribution is -2.09. The molecular formula is C13H20O3. The van der Waals surface area contributed by atoms with E-state index in [-0.39, 0.29) is 24.1 Å². The van der Waals surface area contributed by atoms with Crippen molar-refractivity contribution in [1.82, 2.24) is 0 Å². The zero-order chi connectivity index (χ0) is 12.1. The standard InChI is InChI=1S/C13H20O3/c1-4-5-9(2)13-10(6-7-11(13)14)8-12(15)16-3/h9H,4-8H2,1-3H3. The molecule has 0 fully saturated rings. The molecule has 1 atom stereocenters. The molecule has 0 heterocycles. The second kappa shape index (κ2) is 5.83. The minimum absolute atomic E-state index is 0.222. The molecule has 0 aliphatic heterocycles. The third-order valence-electron chi connectivity index (χ3n) is 3.14. The van der Waals surface area contributed by atoms with Crippen LogP contribution in [0.2, 0.25) is 0 Å². The normalized spacial score (nSPS) is 17.8. The fourth-order valence-corrected chi connectivity index (χ4v) is 2.36. The summed E-state index contributed by atoms with van der Waals surface area (Å²) in [5.41, 5.74) is 1.89. The van der Waals surface area contributed by atoms with Crippen LogP contribution in [0, 0.1) is 5.92 Å². The van der Waals surface area contributed by atoms with Crippen LogP contribution in [0.5, 0.6) is 0 Å². The molecule has 1 aliphatic rings. The molecule has 1 rings (SSSR count). The summed E-state index contributed by atoms with van der Waals surface area (Å²) in [6.07, 6.45) is 3.65. The molecule has 90 valence electrons. The van der Waals surface area contributed by atoms with Gasteiger partial charge >= 0.3 is 5.97 Å². The highest BCUT2D eigenvalue weighted by Crippen LogP contribution is 2.32. The van der Waals surface area contributed by atoms with Crippen molar-refractivity contribution in [3.63, 3.8) is 0 Å². The molecule has 0 saturated carbocycles. The van der Waals surface area contributed by atoms with E-state index in [0.29, 0.717) is 6.42 Å². The van der Waals surface area contributed by atoms with E-state index in [1.54, 1.807) is 0 Å². The van der Waals surface area contributed by atoms with Crippen molar-refractivity contribution in [3.8, 4) is 0 Å². The van der Waals surface area contributed by atoms with Gasteiger partial charge in [0.15, 0.2) is 5.78 Å². The van der Waals surface area contributed by atoms with Gasteiger partial charge in [-0.2, -0.15) is 0 Å². The van der Waals surface area contributed by atoms with Crippen LogP contribution in [-0.4, -0.2) is 18.9 Å². The third kappa shape index (κ3) is 2.94. The molecule has 1 unspecified atom stereocenters. The van der Waals surface area contributed by atoms with Crippen LogP contribution in [0.4, 0.5) is 0 Å². The van der Waals surface area contributed by atoms with Gasteiger partial charge in [-0.05, 0) is 24.3 Å². The molecule has 0 bridgehead atoms. The Morgan fingerprint density at radius 1 is 1.44 bits per heavy atom. The summed E-state index contributed by atoms with van der Waals surface area (Å²) in [5.74, 6) is 0.255. The lowest BCUT2D eigenvalue weighted by atomic mass is 9.92. The van der Waals surface area contributed by atoms with E-state index in [1.165, 1.54) is 7.11 Å². The first-order valence-electron chi connectivity index (χ1n) is 5.92. The molecule has 0 spiro atoms. The van der Waals surface area contributed by atoms with Crippen molar-refractivity contribution in [2.75, 3.05) is 7.11 Å². The fraction of sp³-hybridized carbons (Fsp3) is 0.692. The van der Waals surface area contributed by atoms with Gasteiger partial charge in [-0.25, -0.2) is 0 Å². The summed E-state index contributed by atoms with van der Waals surface area (Å²) in [5, 5.41) is 0. The van der Waals surface area contributed by atoms with Crippen LogP contribution in [0.25, 0.3) is 0 Å². The smallest absolute Gasteiger partial charge is 0.309 e. The summed E-state index contributed by atoms with van der Waals surface area (Å²) in [6.45, 7) is 4.18. The summed E-state index contributed by atoms with van der Waals surface area (Å²) < 4.78 is 4.65. The van der Waals surface area contributed by atoms with Crippen molar-refractivity contribution in [2.24, 2.45) is 5.92 Å². The highest BCUT2D eigenvalue weighted by molar-refractivity contribution is 6.00. The molecule has 0 aromatic heterocycles. The molecule has 3 nitrogen and oxygen atoms in total. The summed E-state index contributed by atoms with van der Waals surface area (Å²) in [6, 6.07) is 0. The number of ether oxygens (including phenoxy) is 1. The predicted molar refractivity (Wildman–Crippen MR) is 62.0 cm³/mol. The van der Waals surface area contributed by atoms with Crippen LogP contribution < -0.4 is 0 Å². The summed E-state index contributed by atoms with van der Waals surface area (Å²) in [4.78, 5) is 23.0. The summed E-state index contributed by atoms with van der Waals surface area (Å²) in [7, 11) is 1.38. The van der Waals surface area contributed by atoms with Crippen LogP contribution >= 0.6 is 0 Å². The van der Waals surface area contributed by atoms with Gasteiger partial charge in [-0.15, -0.1) is 0 Å². The van der Waals surface area contributed by atoms with Crippen molar-refractivity contribution in [3.05, 3.63) is 11.1 Å². The molecule has 0 N–H and O–H groups in total. The lowest BCUT2D eigenvalue weighted by Gasteiger charge is -2.13. The first kappa shape index (κ1) is 12.9. The second-order valence-electron chi connectivity index (χ2n) is 4.38. The number of methoxy groups -OCH3 is 1. The third-order valence-corrected chi connectivity index (χ3v) is 3.14. The lowest BCUT2D eigenvalue weighted by molar-refractivity contribution is -0.139. The van der Waals surface area contributed by atoms with Gasteiger partial charge in [0.2, 0.25) is 0 Å². The zero-order valence-electron chi connectivity index (χ0n) is 10.3. The minimum atomic E-state index is -0.245. The van der Waals surface area contributed by atoms with Crippen LogP contribution in [0.15, 0.2) is 11.1 Å². The van der Waals surface area contributed by atoms with E-state index >= 15 is 0 Å². The average molecular weight is 224 g/mol. The van der Waals surface area contributed by atoms with Gasteiger partial charge in [0, 0.05) is 6.42 Å². The Morgan fingerprint density at radius 2 is 2.12 bits per heavy atom. The number of hydrogen-bond acceptors (Lipinski definition) is 3. The Kier molecular flexibility index (Phi) is 4.71. The SMILES string of the molecule is CCCC(C)C1=C(CC(=O)OC)CCC1=O. The van der Waals surface area contributed by atoms with Gasteiger partial charge in [-0.1, -0.05) is 25.8 Å². The maximum atomic E-state index is 11.8. The number of Topliss-reactive ketones (excluding diaryl/α,β-unsaturated/α-hetero) is 1. The van der Waals surface area contributed by atoms with E-state index in [0.717, 1.165) is 30.4 Å². The first-order valence-corrected chi connectivity index (χ1v) is 5.92. The first-order chi connectivity index (χ1) is 7.60.